The molecule has 0 radical (unpaired) electrons. The Morgan fingerprint density at radius 1 is 0.464 bits per heavy atom. The molecule has 138 valence electrons. The zero-order valence-electron chi connectivity index (χ0n) is 15.7. The van der Waals surface area contributed by atoms with Gasteiger partial charge in [0.05, 0.1) is 11.4 Å². The summed E-state index contributed by atoms with van der Waals surface area (Å²) in [6, 6.07) is 16.5. The number of nitrogens with zero attached hydrogens (tertiary/aromatic N) is 4. The van der Waals surface area contributed by atoms with Crippen LogP contribution in [0.3, 0.4) is 0 Å². The molecule has 0 aliphatic heterocycles. The Hall–Kier alpha value is -3.40. The van der Waals surface area contributed by atoms with E-state index in [-0.39, 0.29) is 0 Å². The van der Waals surface area contributed by atoms with Gasteiger partial charge in [-0.25, -0.2) is 0 Å². The molecule has 0 aromatic carbocycles. The molecule has 4 aromatic rings. The normalized spacial score (nSPS) is 10.7. The Morgan fingerprint density at radius 3 is 1.21 bits per heavy atom. The summed E-state index contributed by atoms with van der Waals surface area (Å²) in [6.45, 7) is 0. The number of pyridine rings is 4. The first-order valence-corrected chi connectivity index (χ1v) is 9.55. The van der Waals surface area contributed by atoms with Crippen LogP contribution in [0.15, 0.2) is 85.7 Å². The van der Waals surface area contributed by atoms with Crippen molar-refractivity contribution in [2.45, 2.75) is 25.7 Å². The highest BCUT2D eigenvalue weighted by atomic mass is 14.8. The van der Waals surface area contributed by atoms with Crippen molar-refractivity contribution in [1.82, 2.24) is 19.9 Å². The van der Waals surface area contributed by atoms with Crippen LogP contribution >= 0.6 is 0 Å². The van der Waals surface area contributed by atoms with Crippen molar-refractivity contribution in [3.8, 4) is 11.4 Å². The van der Waals surface area contributed by atoms with Crippen LogP contribution in [0.5, 0.6) is 0 Å². The van der Waals surface area contributed by atoms with Crippen molar-refractivity contribution in [1.29, 1.82) is 0 Å². The lowest BCUT2D eigenvalue weighted by Gasteiger charge is -2.05. The highest BCUT2D eigenvalue weighted by molar-refractivity contribution is 5.54. The molecule has 0 N–H and O–H groups in total. The van der Waals surface area contributed by atoms with Crippen LogP contribution in [0, 0.1) is 0 Å². The van der Waals surface area contributed by atoms with Gasteiger partial charge in [0.25, 0.3) is 0 Å². The Balaban J connectivity index is 1.34. The number of rotatable bonds is 7. The quantitative estimate of drug-likeness (QED) is 0.483. The van der Waals surface area contributed by atoms with Gasteiger partial charge in [0, 0.05) is 37.2 Å². The number of aromatic nitrogens is 4. The molecule has 0 saturated carbocycles. The molecule has 0 saturated heterocycles. The summed E-state index contributed by atoms with van der Waals surface area (Å²) in [5, 5.41) is 0. The van der Waals surface area contributed by atoms with Crippen molar-refractivity contribution >= 4 is 0 Å². The van der Waals surface area contributed by atoms with Gasteiger partial charge in [-0.3, -0.25) is 19.9 Å². The van der Waals surface area contributed by atoms with Crippen molar-refractivity contribution in [2.24, 2.45) is 0 Å². The maximum absolute atomic E-state index is 4.60. The maximum atomic E-state index is 4.60. The fourth-order valence-electron chi connectivity index (χ4n) is 3.12. The van der Waals surface area contributed by atoms with Gasteiger partial charge in [-0.2, -0.15) is 0 Å². The van der Waals surface area contributed by atoms with Crippen LogP contribution in [-0.2, 0) is 25.7 Å². The summed E-state index contributed by atoms with van der Waals surface area (Å²) in [7, 11) is 0. The zero-order valence-corrected chi connectivity index (χ0v) is 15.7. The van der Waals surface area contributed by atoms with Gasteiger partial charge in [0.1, 0.15) is 0 Å². The molecule has 0 amide bonds. The minimum absolute atomic E-state index is 0.906. The van der Waals surface area contributed by atoms with E-state index in [2.05, 4.69) is 56.3 Å². The fourth-order valence-corrected chi connectivity index (χ4v) is 3.12. The lowest BCUT2D eigenvalue weighted by atomic mass is 10.1. The van der Waals surface area contributed by atoms with Crippen molar-refractivity contribution in [2.75, 3.05) is 0 Å². The van der Waals surface area contributed by atoms with Crippen LogP contribution in [-0.4, -0.2) is 19.9 Å². The van der Waals surface area contributed by atoms with Crippen molar-refractivity contribution in [3.63, 3.8) is 0 Å². The van der Waals surface area contributed by atoms with Gasteiger partial charge in [-0.1, -0.05) is 24.3 Å². The fraction of sp³-hybridized carbons (Fsp3) is 0.167. The second-order valence-corrected chi connectivity index (χ2v) is 6.83. The van der Waals surface area contributed by atoms with Gasteiger partial charge in [-0.05, 0) is 72.2 Å². The van der Waals surface area contributed by atoms with Gasteiger partial charge in [0.2, 0.25) is 0 Å². The third kappa shape index (κ3) is 4.86. The van der Waals surface area contributed by atoms with Gasteiger partial charge >= 0.3 is 0 Å². The largest absolute Gasteiger partial charge is 0.264 e. The van der Waals surface area contributed by atoms with E-state index >= 15 is 0 Å². The number of aryl methyl sites for hydroxylation is 4. The Kier molecular flexibility index (Phi) is 5.78. The number of hydrogen-bond acceptors (Lipinski definition) is 4. The lowest BCUT2D eigenvalue weighted by molar-refractivity contribution is 0.937. The first-order chi connectivity index (χ1) is 13.9. The molecular weight excluding hydrogens is 344 g/mol. The molecule has 4 heterocycles. The van der Waals surface area contributed by atoms with E-state index in [9.17, 15) is 0 Å². The Labute approximate surface area is 165 Å². The highest BCUT2D eigenvalue weighted by Gasteiger charge is 2.03. The molecule has 0 spiro atoms. The van der Waals surface area contributed by atoms with Gasteiger partial charge in [-0.15, -0.1) is 0 Å². The second-order valence-electron chi connectivity index (χ2n) is 6.83. The highest BCUT2D eigenvalue weighted by Crippen LogP contribution is 2.16. The minimum atomic E-state index is 0.906. The topological polar surface area (TPSA) is 51.6 Å². The summed E-state index contributed by atoms with van der Waals surface area (Å²) in [5.74, 6) is 0. The molecule has 4 aromatic heterocycles. The molecule has 4 rings (SSSR count). The van der Waals surface area contributed by atoms with Crippen LogP contribution in [0.1, 0.15) is 22.3 Å². The molecule has 0 unspecified atom stereocenters. The average molecular weight is 366 g/mol. The first-order valence-electron chi connectivity index (χ1n) is 9.55. The predicted molar refractivity (Wildman–Crippen MR) is 111 cm³/mol. The van der Waals surface area contributed by atoms with Crippen molar-refractivity contribution in [3.05, 3.63) is 108 Å². The molecule has 0 fully saturated rings. The average Bonchev–Trinajstić information content (AvgIpc) is 2.78. The third-order valence-corrected chi connectivity index (χ3v) is 4.76. The van der Waals surface area contributed by atoms with E-state index < -0.39 is 0 Å². The Morgan fingerprint density at radius 2 is 0.893 bits per heavy atom. The molecule has 0 aliphatic rings. The lowest BCUT2D eigenvalue weighted by Crippen LogP contribution is -1.96. The van der Waals surface area contributed by atoms with Crippen molar-refractivity contribution < 1.29 is 0 Å². The molecule has 0 aliphatic carbocycles. The Bertz CT molecular complexity index is 897. The van der Waals surface area contributed by atoms with E-state index in [0.717, 1.165) is 37.1 Å². The standard InChI is InChI=1S/C24H22N4/c1-3-19(15-25-13-1)5-7-21-9-11-23(27-17-21)24-12-10-22(18-28-24)8-6-20-4-2-14-26-16-20/h1-4,9-18H,5-8H2. The number of hydrogen-bond donors (Lipinski definition) is 0. The smallest absolute Gasteiger partial charge is 0.0886 e. The summed E-state index contributed by atoms with van der Waals surface area (Å²) >= 11 is 0. The summed E-state index contributed by atoms with van der Waals surface area (Å²) in [5.41, 5.74) is 6.75. The zero-order chi connectivity index (χ0) is 19.0. The molecule has 0 bridgehead atoms. The van der Waals surface area contributed by atoms with E-state index in [1.165, 1.54) is 22.3 Å². The predicted octanol–water partition coefficient (Wildman–Crippen LogP) is 4.50. The van der Waals surface area contributed by atoms with Crippen LogP contribution < -0.4 is 0 Å². The third-order valence-electron chi connectivity index (χ3n) is 4.76. The maximum Gasteiger partial charge on any atom is 0.0886 e. The molecule has 0 atom stereocenters. The molecular formula is C24H22N4. The van der Waals surface area contributed by atoms with E-state index in [1.54, 1.807) is 12.4 Å². The second kappa shape index (κ2) is 9.00. The summed E-state index contributed by atoms with van der Waals surface area (Å²) < 4.78 is 0. The van der Waals surface area contributed by atoms with E-state index in [1.807, 2.05) is 36.9 Å². The van der Waals surface area contributed by atoms with Crippen LogP contribution in [0.2, 0.25) is 0 Å². The summed E-state index contributed by atoms with van der Waals surface area (Å²) in [6.07, 6.45) is 15.2. The van der Waals surface area contributed by atoms with E-state index in [0.29, 0.717) is 0 Å². The molecule has 4 heteroatoms. The van der Waals surface area contributed by atoms with Gasteiger partial charge < -0.3 is 0 Å². The SMILES string of the molecule is c1cncc(CCc2ccc(-c3ccc(CCc4cccnc4)cn3)nc2)c1. The van der Waals surface area contributed by atoms with Gasteiger partial charge in [0.15, 0.2) is 0 Å². The minimum Gasteiger partial charge on any atom is -0.264 e. The van der Waals surface area contributed by atoms with Crippen LogP contribution in [0.4, 0.5) is 0 Å². The van der Waals surface area contributed by atoms with E-state index in [4.69, 9.17) is 0 Å². The molecule has 4 nitrogen and oxygen atoms in total. The van der Waals surface area contributed by atoms with Crippen LogP contribution in [0.25, 0.3) is 11.4 Å². The summed E-state index contributed by atoms with van der Waals surface area (Å²) in [4.78, 5) is 17.5. The molecule has 28 heavy (non-hydrogen) atoms. The first kappa shape index (κ1) is 18.0. The monoisotopic (exact) mass is 366 g/mol.